The van der Waals surface area contributed by atoms with E-state index in [-0.39, 0.29) is 35.7 Å². The van der Waals surface area contributed by atoms with E-state index in [9.17, 15) is 13.2 Å². The van der Waals surface area contributed by atoms with E-state index in [2.05, 4.69) is 10.6 Å². The highest BCUT2D eigenvalue weighted by Gasteiger charge is 2.28. The van der Waals surface area contributed by atoms with Gasteiger partial charge in [0.2, 0.25) is 5.91 Å². The van der Waals surface area contributed by atoms with Crippen LogP contribution in [0.15, 0.2) is 0 Å². The molecule has 0 aromatic heterocycles. The van der Waals surface area contributed by atoms with Gasteiger partial charge in [-0.25, -0.2) is 8.42 Å². The third kappa shape index (κ3) is 5.22. The number of amides is 1. The smallest absolute Gasteiger partial charge is 0.221 e. The zero-order valence-corrected chi connectivity index (χ0v) is 13.4. The summed E-state index contributed by atoms with van der Waals surface area (Å²) in [7, 11) is -3.07. The van der Waals surface area contributed by atoms with Crippen molar-refractivity contribution in [3.8, 4) is 0 Å². The molecule has 2 N–H and O–H groups in total. The van der Waals surface area contributed by atoms with Crippen LogP contribution in [0, 0.1) is 0 Å². The average molecular weight is 325 g/mol. The van der Waals surface area contributed by atoms with Gasteiger partial charge in [-0.3, -0.25) is 4.79 Å². The van der Waals surface area contributed by atoms with Gasteiger partial charge in [-0.15, -0.1) is 12.4 Å². The minimum absolute atomic E-state index is 0. The zero-order chi connectivity index (χ0) is 13.7. The van der Waals surface area contributed by atoms with E-state index in [0.29, 0.717) is 12.6 Å². The second kappa shape index (κ2) is 8.20. The van der Waals surface area contributed by atoms with Crippen LogP contribution in [-0.2, 0) is 14.6 Å². The summed E-state index contributed by atoms with van der Waals surface area (Å²) in [6.45, 7) is 1.62. The minimum Gasteiger partial charge on any atom is -0.355 e. The van der Waals surface area contributed by atoms with Gasteiger partial charge < -0.3 is 10.6 Å². The molecule has 20 heavy (non-hydrogen) atoms. The van der Waals surface area contributed by atoms with Gasteiger partial charge in [0.05, 0.1) is 11.0 Å². The van der Waals surface area contributed by atoms with Crippen molar-refractivity contribution in [1.82, 2.24) is 10.6 Å². The van der Waals surface area contributed by atoms with Crippen LogP contribution in [0.4, 0.5) is 0 Å². The minimum atomic E-state index is -3.07. The predicted molar refractivity (Wildman–Crippen MR) is 81.9 cm³/mol. The summed E-state index contributed by atoms with van der Waals surface area (Å²) in [4.78, 5) is 11.7. The summed E-state index contributed by atoms with van der Waals surface area (Å²) in [5, 5.41) is 5.92. The quantitative estimate of drug-likeness (QED) is 0.765. The maximum atomic E-state index is 12.0. The van der Waals surface area contributed by atoms with Crippen molar-refractivity contribution in [2.45, 2.75) is 56.2 Å². The fraction of sp³-hybridized carbons (Fsp3) is 0.923. The molecule has 0 radical (unpaired) electrons. The molecule has 1 unspecified atom stereocenters. The van der Waals surface area contributed by atoms with Crippen molar-refractivity contribution >= 4 is 28.2 Å². The van der Waals surface area contributed by atoms with E-state index >= 15 is 0 Å². The molecule has 2 rings (SSSR count). The van der Waals surface area contributed by atoms with Crippen LogP contribution in [0.25, 0.3) is 0 Å². The first-order valence-corrected chi connectivity index (χ1v) is 9.01. The van der Waals surface area contributed by atoms with E-state index in [0.717, 1.165) is 45.1 Å². The van der Waals surface area contributed by atoms with Crippen molar-refractivity contribution in [2.75, 3.05) is 18.8 Å². The van der Waals surface area contributed by atoms with Crippen molar-refractivity contribution in [1.29, 1.82) is 0 Å². The van der Waals surface area contributed by atoms with Gasteiger partial charge >= 0.3 is 0 Å². The molecule has 118 valence electrons. The van der Waals surface area contributed by atoms with E-state index < -0.39 is 9.84 Å². The lowest BCUT2D eigenvalue weighted by atomic mass is 10.2. The van der Waals surface area contributed by atoms with Gasteiger partial charge in [0.1, 0.15) is 0 Å². The molecule has 0 aromatic rings. The van der Waals surface area contributed by atoms with Gasteiger partial charge in [-0.05, 0) is 32.2 Å². The number of nitrogens with one attached hydrogen (secondary N) is 2. The molecular formula is C13H25ClN2O3S. The fourth-order valence-electron chi connectivity index (χ4n) is 2.91. The Balaban J connectivity index is 0.00000200. The highest BCUT2D eigenvalue weighted by molar-refractivity contribution is 7.92. The first kappa shape index (κ1) is 17.7. The van der Waals surface area contributed by atoms with Crippen molar-refractivity contribution in [3.05, 3.63) is 0 Å². The lowest BCUT2D eigenvalue weighted by molar-refractivity contribution is -0.120. The summed E-state index contributed by atoms with van der Waals surface area (Å²) in [5.74, 6) is -0.142. The van der Waals surface area contributed by atoms with Crippen LogP contribution >= 0.6 is 12.4 Å². The Morgan fingerprint density at radius 2 is 1.85 bits per heavy atom. The number of sulfone groups is 1. The molecule has 1 amide bonds. The fourth-order valence-corrected chi connectivity index (χ4v) is 4.76. The maximum absolute atomic E-state index is 12.0. The lowest BCUT2D eigenvalue weighted by Gasteiger charge is -2.13. The Labute approximate surface area is 127 Å². The third-order valence-electron chi connectivity index (χ3n) is 4.13. The zero-order valence-electron chi connectivity index (χ0n) is 11.8. The monoisotopic (exact) mass is 324 g/mol. The van der Waals surface area contributed by atoms with Gasteiger partial charge in [0.15, 0.2) is 9.84 Å². The Kier molecular flexibility index (Phi) is 7.26. The molecule has 1 aliphatic carbocycles. The van der Waals surface area contributed by atoms with Crippen molar-refractivity contribution < 1.29 is 13.2 Å². The molecule has 1 aliphatic heterocycles. The standard InChI is InChI=1S/C13H24N2O3S.ClH/c16-13(15-10-11-4-3-8-14-11)7-9-19(17,18)12-5-1-2-6-12;/h11-12,14H,1-10H2,(H,15,16);1H. The number of carbonyl (C=O) groups excluding carboxylic acids is 1. The van der Waals surface area contributed by atoms with Crippen LogP contribution in [0.3, 0.4) is 0 Å². The Morgan fingerprint density at radius 3 is 2.45 bits per heavy atom. The number of hydrogen-bond donors (Lipinski definition) is 2. The Hall–Kier alpha value is -0.330. The highest BCUT2D eigenvalue weighted by atomic mass is 35.5. The van der Waals surface area contributed by atoms with Crippen molar-refractivity contribution in [3.63, 3.8) is 0 Å². The van der Waals surface area contributed by atoms with E-state index in [1.54, 1.807) is 0 Å². The van der Waals surface area contributed by atoms with Gasteiger partial charge in [-0.2, -0.15) is 0 Å². The molecule has 0 aromatic carbocycles. The van der Waals surface area contributed by atoms with Crippen LogP contribution in [0.5, 0.6) is 0 Å². The number of rotatable bonds is 6. The lowest BCUT2D eigenvalue weighted by Crippen LogP contribution is -2.38. The molecule has 0 bridgehead atoms. The second-order valence-electron chi connectivity index (χ2n) is 5.62. The summed E-state index contributed by atoms with van der Waals surface area (Å²) in [6, 6.07) is 0.357. The molecule has 1 atom stereocenters. The Morgan fingerprint density at radius 1 is 1.15 bits per heavy atom. The van der Waals surface area contributed by atoms with Crippen LogP contribution < -0.4 is 10.6 Å². The average Bonchev–Trinajstić information content (AvgIpc) is 3.06. The molecule has 2 fully saturated rings. The molecule has 2 aliphatic rings. The molecule has 5 nitrogen and oxygen atoms in total. The van der Waals surface area contributed by atoms with E-state index in [1.165, 1.54) is 0 Å². The predicted octanol–water partition coefficient (Wildman–Crippen LogP) is 1.02. The van der Waals surface area contributed by atoms with E-state index in [4.69, 9.17) is 0 Å². The summed E-state index contributed by atoms with van der Waals surface area (Å²) >= 11 is 0. The number of carbonyl (C=O) groups is 1. The Bertz CT molecular complexity index is 402. The molecule has 7 heteroatoms. The van der Waals surface area contributed by atoms with Crippen LogP contribution in [-0.4, -0.2) is 44.5 Å². The normalized spacial score (nSPS) is 23.5. The largest absolute Gasteiger partial charge is 0.355 e. The molecule has 1 saturated heterocycles. The number of halogens is 1. The number of hydrogen-bond acceptors (Lipinski definition) is 4. The summed E-state index contributed by atoms with van der Waals surface area (Å²) in [6.07, 6.45) is 5.89. The molecule has 0 spiro atoms. The first-order chi connectivity index (χ1) is 9.08. The maximum Gasteiger partial charge on any atom is 0.221 e. The van der Waals surface area contributed by atoms with Gasteiger partial charge in [0.25, 0.3) is 0 Å². The SMILES string of the molecule is Cl.O=C(CCS(=O)(=O)C1CCCC1)NCC1CCCN1. The van der Waals surface area contributed by atoms with Gasteiger partial charge in [-0.1, -0.05) is 12.8 Å². The van der Waals surface area contributed by atoms with Gasteiger partial charge in [0, 0.05) is 19.0 Å². The van der Waals surface area contributed by atoms with Crippen LogP contribution in [0.1, 0.15) is 44.9 Å². The first-order valence-electron chi connectivity index (χ1n) is 7.29. The second-order valence-corrected chi connectivity index (χ2v) is 8.02. The summed E-state index contributed by atoms with van der Waals surface area (Å²) < 4.78 is 24.0. The van der Waals surface area contributed by atoms with Crippen molar-refractivity contribution in [2.24, 2.45) is 0 Å². The third-order valence-corrected chi connectivity index (χ3v) is 6.39. The molecular weight excluding hydrogens is 300 g/mol. The topological polar surface area (TPSA) is 75.3 Å². The highest BCUT2D eigenvalue weighted by Crippen LogP contribution is 2.25. The van der Waals surface area contributed by atoms with E-state index in [1.807, 2.05) is 0 Å². The molecule has 1 saturated carbocycles. The summed E-state index contributed by atoms with van der Waals surface area (Å²) in [5.41, 5.74) is 0. The molecule has 1 heterocycles. The van der Waals surface area contributed by atoms with Crippen LogP contribution in [0.2, 0.25) is 0 Å².